The third-order valence-corrected chi connectivity index (χ3v) is 4.70. The average Bonchev–Trinajstić information content (AvgIpc) is 2.37. The number of carbonyl (C=O) groups is 1. The number of hydrogen-bond acceptors (Lipinski definition) is 3. The fourth-order valence-electron chi connectivity index (χ4n) is 2.90. The Kier molecular flexibility index (Phi) is 4.63. The van der Waals surface area contributed by atoms with Crippen LogP contribution in [0.2, 0.25) is 0 Å². The third kappa shape index (κ3) is 3.29. The summed E-state index contributed by atoms with van der Waals surface area (Å²) in [4.78, 5) is 14.8. The molecule has 1 aliphatic rings. The molecule has 1 aliphatic heterocycles. The summed E-state index contributed by atoms with van der Waals surface area (Å²) in [5, 5.41) is 9.59. The number of carboxylic acid groups (broad SMARTS) is 1. The summed E-state index contributed by atoms with van der Waals surface area (Å²) in [6, 6.07) is 5.84. The highest BCUT2D eigenvalue weighted by atomic mass is 32.2. The van der Waals surface area contributed by atoms with Crippen LogP contribution in [0, 0.1) is 5.41 Å². The second-order valence-electron chi connectivity index (χ2n) is 6.08. The molecule has 3 nitrogen and oxygen atoms in total. The molecule has 0 amide bonds. The summed E-state index contributed by atoms with van der Waals surface area (Å²) in [6.45, 7) is 8.43. The van der Waals surface area contributed by atoms with Crippen molar-refractivity contribution in [2.24, 2.45) is 5.41 Å². The Labute approximate surface area is 125 Å². The molecule has 1 fully saturated rings. The van der Waals surface area contributed by atoms with Gasteiger partial charge in [0.15, 0.2) is 0 Å². The van der Waals surface area contributed by atoms with Crippen molar-refractivity contribution < 1.29 is 9.90 Å². The number of benzene rings is 1. The number of thioether (sulfide) groups is 1. The van der Waals surface area contributed by atoms with E-state index in [0.29, 0.717) is 5.56 Å². The highest BCUT2D eigenvalue weighted by molar-refractivity contribution is 7.99. The van der Waals surface area contributed by atoms with Gasteiger partial charge in [0.05, 0.1) is 11.3 Å². The molecular formula is C16H23NO2S. The predicted octanol–water partition coefficient (Wildman–Crippen LogP) is 4.12. The summed E-state index contributed by atoms with van der Waals surface area (Å²) < 4.78 is 0. The van der Waals surface area contributed by atoms with Crippen molar-refractivity contribution in [3.63, 3.8) is 0 Å². The molecule has 0 aromatic heterocycles. The third-order valence-electron chi connectivity index (χ3n) is 3.76. The standard InChI is InChI=1S/C16H23NO2S/c1-4-20-13-8-5-7-12(14(13)15(18)19)17-10-6-9-16(2,3)11-17/h5,7-8H,4,6,9-11H2,1-3H3,(H,18,19). The van der Waals surface area contributed by atoms with Crippen LogP contribution in [0.5, 0.6) is 0 Å². The highest BCUT2D eigenvalue weighted by Crippen LogP contribution is 2.36. The summed E-state index contributed by atoms with van der Waals surface area (Å²) in [6.07, 6.45) is 2.33. The number of rotatable bonds is 4. The van der Waals surface area contributed by atoms with Gasteiger partial charge in [-0.25, -0.2) is 4.79 Å². The molecule has 1 aromatic rings. The first kappa shape index (κ1) is 15.2. The van der Waals surface area contributed by atoms with Crippen LogP contribution >= 0.6 is 11.8 Å². The minimum absolute atomic E-state index is 0.252. The maximum atomic E-state index is 11.7. The van der Waals surface area contributed by atoms with Crippen LogP contribution in [0.15, 0.2) is 23.1 Å². The van der Waals surface area contributed by atoms with Crippen molar-refractivity contribution in [1.82, 2.24) is 0 Å². The van der Waals surface area contributed by atoms with Gasteiger partial charge in [-0.2, -0.15) is 0 Å². The van der Waals surface area contributed by atoms with Gasteiger partial charge in [0.25, 0.3) is 0 Å². The molecule has 0 saturated carbocycles. The minimum Gasteiger partial charge on any atom is -0.478 e. The maximum Gasteiger partial charge on any atom is 0.338 e. The average molecular weight is 293 g/mol. The zero-order valence-electron chi connectivity index (χ0n) is 12.5. The Morgan fingerprint density at radius 2 is 2.20 bits per heavy atom. The lowest BCUT2D eigenvalue weighted by Crippen LogP contribution is -2.40. The topological polar surface area (TPSA) is 40.5 Å². The molecule has 4 heteroatoms. The lowest BCUT2D eigenvalue weighted by atomic mass is 9.84. The van der Waals surface area contributed by atoms with E-state index in [0.717, 1.165) is 35.8 Å². The Bertz CT molecular complexity index is 499. The first-order valence-electron chi connectivity index (χ1n) is 7.18. The van der Waals surface area contributed by atoms with Crippen LogP contribution in [0.25, 0.3) is 0 Å². The van der Waals surface area contributed by atoms with Crippen molar-refractivity contribution in [3.05, 3.63) is 23.8 Å². The molecule has 0 unspecified atom stereocenters. The van der Waals surface area contributed by atoms with E-state index in [4.69, 9.17) is 0 Å². The van der Waals surface area contributed by atoms with E-state index in [2.05, 4.69) is 18.7 Å². The first-order chi connectivity index (χ1) is 9.44. The predicted molar refractivity (Wildman–Crippen MR) is 85.0 cm³/mol. The molecule has 1 saturated heterocycles. The molecule has 0 spiro atoms. The van der Waals surface area contributed by atoms with Gasteiger partial charge in [-0.15, -0.1) is 11.8 Å². The summed E-state index contributed by atoms with van der Waals surface area (Å²) in [5.74, 6) is 0.0646. The number of nitrogens with zero attached hydrogens (tertiary/aromatic N) is 1. The molecule has 110 valence electrons. The van der Waals surface area contributed by atoms with Crippen LogP contribution in [0.4, 0.5) is 5.69 Å². The molecule has 20 heavy (non-hydrogen) atoms. The van der Waals surface area contributed by atoms with Gasteiger partial charge in [0.1, 0.15) is 0 Å². The van der Waals surface area contributed by atoms with Gasteiger partial charge in [-0.05, 0) is 36.1 Å². The molecular weight excluding hydrogens is 270 g/mol. The minimum atomic E-state index is -0.820. The summed E-state index contributed by atoms with van der Waals surface area (Å²) in [5.41, 5.74) is 1.60. The van der Waals surface area contributed by atoms with Crippen molar-refractivity contribution >= 4 is 23.4 Å². The van der Waals surface area contributed by atoms with E-state index in [-0.39, 0.29) is 5.41 Å². The Hall–Kier alpha value is -1.16. The lowest BCUT2D eigenvalue weighted by molar-refractivity contribution is 0.0693. The van der Waals surface area contributed by atoms with E-state index in [9.17, 15) is 9.90 Å². The molecule has 0 bridgehead atoms. The normalized spacial score (nSPS) is 18.1. The van der Waals surface area contributed by atoms with E-state index >= 15 is 0 Å². The van der Waals surface area contributed by atoms with Gasteiger partial charge >= 0.3 is 5.97 Å². The van der Waals surface area contributed by atoms with Crippen LogP contribution in [-0.4, -0.2) is 29.9 Å². The molecule has 0 aliphatic carbocycles. The molecule has 0 atom stereocenters. The number of hydrogen-bond donors (Lipinski definition) is 1. The fraction of sp³-hybridized carbons (Fsp3) is 0.562. The van der Waals surface area contributed by atoms with E-state index in [1.165, 1.54) is 6.42 Å². The van der Waals surface area contributed by atoms with Crippen LogP contribution in [-0.2, 0) is 0 Å². The van der Waals surface area contributed by atoms with Gasteiger partial charge in [-0.1, -0.05) is 26.8 Å². The van der Waals surface area contributed by atoms with E-state index in [1.807, 2.05) is 25.1 Å². The van der Waals surface area contributed by atoms with Gasteiger partial charge in [0, 0.05) is 18.0 Å². The Morgan fingerprint density at radius 1 is 1.45 bits per heavy atom. The second kappa shape index (κ2) is 6.08. The van der Waals surface area contributed by atoms with Crippen LogP contribution < -0.4 is 4.90 Å². The van der Waals surface area contributed by atoms with Crippen molar-refractivity contribution in [2.45, 2.75) is 38.5 Å². The number of carboxylic acids is 1. The first-order valence-corrected chi connectivity index (χ1v) is 8.17. The zero-order chi connectivity index (χ0) is 14.8. The Balaban J connectivity index is 2.40. The fourth-order valence-corrected chi connectivity index (χ4v) is 3.72. The monoisotopic (exact) mass is 293 g/mol. The molecule has 2 rings (SSSR count). The largest absolute Gasteiger partial charge is 0.478 e. The smallest absolute Gasteiger partial charge is 0.338 e. The molecule has 0 radical (unpaired) electrons. The van der Waals surface area contributed by atoms with Crippen LogP contribution in [0.1, 0.15) is 44.0 Å². The number of aromatic carboxylic acids is 1. The van der Waals surface area contributed by atoms with Crippen molar-refractivity contribution in [2.75, 3.05) is 23.7 Å². The van der Waals surface area contributed by atoms with Crippen molar-refractivity contribution in [1.29, 1.82) is 0 Å². The summed E-state index contributed by atoms with van der Waals surface area (Å²) in [7, 11) is 0. The van der Waals surface area contributed by atoms with Gasteiger partial charge in [-0.3, -0.25) is 0 Å². The van der Waals surface area contributed by atoms with E-state index < -0.39 is 5.97 Å². The number of anilines is 1. The molecule has 1 heterocycles. The number of piperidine rings is 1. The second-order valence-corrected chi connectivity index (χ2v) is 7.38. The highest BCUT2D eigenvalue weighted by Gasteiger charge is 2.29. The lowest BCUT2D eigenvalue weighted by Gasteiger charge is -2.40. The quantitative estimate of drug-likeness (QED) is 0.848. The molecule has 1 aromatic carbocycles. The Morgan fingerprint density at radius 3 is 2.80 bits per heavy atom. The van der Waals surface area contributed by atoms with Crippen molar-refractivity contribution in [3.8, 4) is 0 Å². The molecule has 1 N–H and O–H groups in total. The van der Waals surface area contributed by atoms with E-state index in [1.54, 1.807) is 11.8 Å². The SMILES string of the molecule is CCSc1cccc(N2CCCC(C)(C)C2)c1C(=O)O. The zero-order valence-corrected chi connectivity index (χ0v) is 13.3. The summed E-state index contributed by atoms with van der Waals surface area (Å²) >= 11 is 1.60. The van der Waals surface area contributed by atoms with Gasteiger partial charge < -0.3 is 10.0 Å². The van der Waals surface area contributed by atoms with Gasteiger partial charge in [0.2, 0.25) is 0 Å². The maximum absolute atomic E-state index is 11.7. The van der Waals surface area contributed by atoms with Crippen LogP contribution in [0.3, 0.4) is 0 Å².